The molecular formula is C8H4Br3N3OS. The Bertz CT molecular complexity index is 524. The zero-order valence-corrected chi connectivity index (χ0v) is 13.4. The van der Waals surface area contributed by atoms with E-state index in [0.29, 0.717) is 15.2 Å². The van der Waals surface area contributed by atoms with Crippen LogP contribution in [-0.4, -0.2) is 20.8 Å². The summed E-state index contributed by atoms with van der Waals surface area (Å²) in [6.07, 6.45) is 0. The van der Waals surface area contributed by atoms with Crippen molar-refractivity contribution in [2.24, 2.45) is 7.05 Å². The first-order chi connectivity index (χ1) is 7.50. The summed E-state index contributed by atoms with van der Waals surface area (Å²) in [5, 5.41) is 7.55. The van der Waals surface area contributed by atoms with Crippen molar-refractivity contribution in [2.45, 2.75) is 0 Å². The molecule has 0 N–H and O–H groups in total. The minimum absolute atomic E-state index is 0.101. The monoisotopic (exact) mass is 427 g/mol. The van der Waals surface area contributed by atoms with Crippen molar-refractivity contribution in [1.82, 2.24) is 15.0 Å². The second-order valence-corrected chi connectivity index (χ2v) is 6.89. The predicted molar refractivity (Wildman–Crippen MR) is 71.9 cm³/mol. The molecule has 0 saturated heterocycles. The lowest BCUT2D eigenvalue weighted by Crippen LogP contribution is -2.07. The SMILES string of the molecule is Cn1nnc(Br)c1C(=O)c1cc(Br)c(Br)s1. The molecule has 0 amide bonds. The number of hydrogen-bond acceptors (Lipinski definition) is 4. The maximum absolute atomic E-state index is 12.2. The van der Waals surface area contributed by atoms with Gasteiger partial charge in [0.05, 0.1) is 8.66 Å². The van der Waals surface area contributed by atoms with Crippen molar-refractivity contribution in [2.75, 3.05) is 0 Å². The Balaban J connectivity index is 2.47. The highest BCUT2D eigenvalue weighted by Gasteiger charge is 2.21. The standard InChI is InChI=1S/C8H4Br3N3OS/c1-14-5(7(10)12-13-14)6(15)4-2-3(9)8(11)16-4/h2H,1H3. The molecule has 0 unspecified atom stereocenters. The van der Waals surface area contributed by atoms with Crippen molar-refractivity contribution >= 4 is 64.9 Å². The number of ketones is 1. The van der Waals surface area contributed by atoms with Crippen molar-refractivity contribution in [3.05, 3.63) is 29.5 Å². The van der Waals surface area contributed by atoms with E-state index in [2.05, 4.69) is 58.1 Å². The number of aryl methyl sites for hydroxylation is 1. The Hall–Kier alpha value is -0.0500. The van der Waals surface area contributed by atoms with Crippen molar-refractivity contribution in [1.29, 1.82) is 0 Å². The van der Waals surface area contributed by atoms with Gasteiger partial charge in [-0.3, -0.25) is 4.79 Å². The number of thiophene rings is 1. The van der Waals surface area contributed by atoms with Crippen molar-refractivity contribution < 1.29 is 4.79 Å². The molecule has 0 bridgehead atoms. The van der Waals surface area contributed by atoms with Crippen LogP contribution >= 0.6 is 59.1 Å². The summed E-state index contributed by atoms with van der Waals surface area (Å²) in [7, 11) is 1.68. The van der Waals surface area contributed by atoms with E-state index in [9.17, 15) is 4.79 Å². The molecule has 0 aromatic carbocycles. The minimum atomic E-state index is -0.101. The third kappa shape index (κ3) is 2.15. The average molecular weight is 430 g/mol. The number of nitrogens with zero attached hydrogens (tertiary/aromatic N) is 3. The molecule has 16 heavy (non-hydrogen) atoms. The Labute approximate surface area is 120 Å². The highest BCUT2D eigenvalue weighted by molar-refractivity contribution is 9.13. The van der Waals surface area contributed by atoms with Gasteiger partial charge in [-0.1, -0.05) is 5.21 Å². The molecule has 2 aromatic rings. The molecular weight excluding hydrogens is 426 g/mol. The zero-order valence-electron chi connectivity index (χ0n) is 7.87. The van der Waals surface area contributed by atoms with Gasteiger partial charge >= 0.3 is 0 Å². The number of halogens is 3. The number of carbonyl (C=O) groups excluding carboxylic acids is 1. The van der Waals surface area contributed by atoms with Gasteiger partial charge in [-0.25, -0.2) is 4.68 Å². The van der Waals surface area contributed by atoms with Crippen molar-refractivity contribution in [3.8, 4) is 0 Å². The highest BCUT2D eigenvalue weighted by Crippen LogP contribution is 2.34. The van der Waals surface area contributed by atoms with E-state index in [-0.39, 0.29) is 5.78 Å². The molecule has 0 aliphatic heterocycles. The fourth-order valence-corrected chi connectivity index (χ4v) is 3.63. The summed E-state index contributed by atoms with van der Waals surface area (Å²) in [6.45, 7) is 0. The van der Waals surface area contributed by atoms with Gasteiger partial charge in [0.1, 0.15) is 5.69 Å². The van der Waals surface area contributed by atoms with Crippen LogP contribution in [0.2, 0.25) is 0 Å². The van der Waals surface area contributed by atoms with Crippen LogP contribution in [0.25, 0.3) is 0 Å². The van der Waals surface area contributed by atoms with Gasteiger partial charge < -0.3 is 0 Å². The molecule has 0 aliphatic carbocycles. The molecule has 0 radical (unpaired) electrons. The Morgan fingerprint density at radius 3 is 2.56 bits per heavy atom. The first kappa shape index (κ1) is 12.4. The fraction of sp³-hybridized carbons (Fsp3) is 0.125. The first-order valence-corrected chi connectivity index (χ1v) is 7.25. The van der Waals surface area contributed by atoms with Crippen LogP contribution in [0.5, 0.6) is 0 Å². The maximum atomic E-state index is 12.2. The van der Waals surface area contributed by atoms with Gasteiger partial charge in [0, 0.05) is 11.5 Å². The zero-order chi connectivity index (χ0) is 11.9. The van der Waals surface area contributed by atoms with Crippen LogP contribution < -0.4 is 0 Å². The smallest absolute Gasteiger partial charge is 0.223 e. The van der Waals surface area contributed by atoms with Crippen LogP contribution in [0, 0.1) is 0 Å². The normalized spacial score (nSPS) is 10.8. The third-order valence-corrected chi connectivity index (χ3v) is 5.66. The number of carbonyl (C=O) groups is 1. The molecule has 0 aliphatic rings. The quantitative estimate of drug-likeness (QED) is 0.687. The van der Waals surface area contributed by atoms with E-state index < -0.39 is 0 Å². The summed E-state index contributed by atoms with van der Waals surface area (Å²) in [6, 6.07) is 1.77. The van der Waals surface area contributed by atoms with Crippen LogP contribution in [0.1, 0.15) is 15.4 Å². The molecule has 4 nitrogen and oxygen atoms in total. The second-order valence-electron chi connectivity index (χ2n) is 2.91. The lowest BCUT2D eigenvalue weighted by atomic mass is 10.2. The van der Waals surface area contributed by atoms with E-state index in [1.807, 2.05) is 0 Å². The van der Waals surface area contributed by atoms with Gasteiger partial charge in [0.2, 0.25) is 5.78 Å². The first-order valence-electron chi connectivity index (χ1n) is 4.05. The van der Waals surface area contributed by atoms with E-state index in [1.165, 1.54) is 16.0 Å². The van der Waals surface area contributed by atoms with E-state index in [0.717, 1.165) is 8.26 Å². The molecule has 0 atom stereocenters. The van der Waals surface area contributed by atoms with Crippen LogP contribution in [0.4, 0.5) is 0 Å². The van der Waals surface area contributed by atoms with E-state index >= 15 is 0 Å². The molecule has 2 heterocycles. The van der Waals surface area contributed by atoms with E-state index in [1.54, 1.807) is 13.1 Å². The second kappa shape index (κ2) is 4.67. The van der Waals surface area contributed by atoms with Crippen LogP contribution in [0.15, 0.2) is 18.9 Å². The summed E-state index contributed by atoms with van der Waals surface area (Å²) in [4.78, 5) is 12.8. The topological polar surface area (TPSA) is 47.8 Å². The van der Waals surface area contributed by atoms with Gasteiger partial charge in [-0.05, 0) is 53.9 Å². The summed E-state index contributed by atoms with van der Waals surface area (Å²) in [5.41, 5.74) is 0.446. The van der Waals surface area contributed by atoms with Gasteiger partial charge in [-0.2, -0.15) is 0 Å². The Morgan fingerprint density at radius 1 is 1.44 bits per heavy atom. The Morgan fingerprint density at radius 2 is 2.12 bits per heavy atom. The predicted octanol–water partition coefficient (Wildman–Crippen LogP) is 3.40. The maximum Gasteiger partial charge on any atom is 0.223 e. The molecule has 0 saturated carbocycles. The summed E-state index contributed by atoms with van der Waals surface area (Å²) in [5.74, 6) is -0.101. The van der Waals surface area contributed by atoms with Crippen LogP contribution in [-0.2, 0) is 7.05 Å². The van der Waals surface area contributed by atoms with E-state index in [4.69, 9.17) is 0 Å². The number of aromatic nitrogens is 3. The number of hydrogen-bond donors (Lipinski definition) is 0. The lowest BCUT2D eigenvalue weighted by Gasteiger charge is -1.97. The minimum Gasteiger partial charge on any atom is -0.286 e. The third-order valence-electron chi connectivity index (χ3n) is 1.87. The summed E-state index contributed by atoms with van der Waals surface area (Å²) < 4.78 is 3.67. The molecule has 84 valence electrons. The summed E-state index contributed by atoms with van der Waals surface area (Å²) >= 11 is 11.3. The average Bonchev–Trinajstić information content (AvgIpc) is 2.72. The molecule has 8 heteroatoms. The molecule has 0 fully saturated rings. The highest BCUT2D eigenvalue weighted by atomic mass is 79.9. The van der Waals surface area contributed by atoms with Crippen LogP contribution in [0.3, 0.4) is 0 Å². The molecule has 0 spiro atoms. The van der Waals surface area contributed by atoms with Gasteiger partial charge in [0.15, 0.2) is 4.60 Å². The Kier molecular flexibility index (Phi) is 3.62. The molecule has 2 aromatic heterocycles. The van der Waals surface area contributed by atoms with Crippen molar-refractivity contribution in [3.63, 3.8) is 0 Å². The lowest BCUT2D eigenvalue weighted by molar-refractivity contribution is 0.103. The largest absolute Gasteiger partial charge is 0.286 e. The van der Waals surface area contributed by atoms with Gasteiger partial charge in [-0.15, -0.1) is 16.4 Å². The molecule has 2 rings (SSSR count). The number of rotatable bonds is 2. The fourth-order valence-electron chi connectivity index (χ4n) is 1.15. The van der Waals surface area contributed by atoms with Gasteiger partial charge in [0.25, 0.3) is 0 Å².